The standard InChI is InChI=1S/C33H44F5NO12/c34-27-28(35)30(37)32(31(38)29(27)36)51-26(40)6-8-42-10-12-44-14-16-46-18-20-48-22-23-49-21-19-47-17-15-45-13-11-43-9-7-39-33(41)50-24-25-4-2-1-3-5-25/h1-5H,6-24H2,(H,39,41). The molecule has 0 aliphatic heterocycles. The lowest BCUT2D eigenvalue weighted by molar-refractivity contribution is -0.136. The van der Waals surface area contributed by atoms with Gasteiger partial charge in [0.15, 0.2) is 0 Å². The topological polar surface area (TPSA) is 138 Å². The van der Waals surface area contributed by atoms with Gasteiger partial charge in [0.05, 0.1) is 112 Å². The zero-order valence-electron chi connectivity index (χ0n) is 28.1. The molecule has 0 radical (unpaired) electrons. The Balaban J connectivity index is 1.23. The predicted molar refractivity (Wildman–Crippen MR) is 168 cm³/mol. The largest absolute Gasteiger partial charge is 0.445 e. The molecular weight excluding hydrogens is 697 g/mol. The molecule has 0 spiro atoms. The van der Waals surface area contributed by atoms with Crippen LogP contribution in [0, 0.1) is 29.1 Å². The molecule has 18 heteroatoms. The number of ether oxygens (including phenoxy) is 10. The lowest BCUT2D eigenvalue weighted by Crippen LogP contribution is -2.28. The molecule has 0 aliphatic carbocycles. The van der Waals surface area contributed by atoms with Gasteiger partial charge in [0, 0.05) is 6.54 Å². The number of esters is 1. The maximum absolute atomic E-state index is 13.5. The summed E-state index contributed by atoms with van der Waals surface area (Å²) in [5, 5.41) is 2.61. The summed E-state index contributed by atoms with van der Waals surface area (Å²) in [6.07, 6.45) is -0.991. The molecule has 0 aliphatic rings. The van der Waals surface area contributed by atoms with Crippen molar-refractivity contribution in [1.29, 1.82) is 0 Å². The molecule has 0 unspecified atom stereocenters. The molecule has 0 saturated heterocycles. The Kier molecular flexibility index (Phi) is 24.1. The van der Waals surface area contributed by atoms with Crippen molar-refractivity contribution in [3.8, 4) is 5.75 Å². The zero-order chi connectivity index (χ0) is 36.9. The van der Waals surface area contributed by atoms with Gasteiger partial charge < -0.3 is 52.7 Å². The van der Waals surface area contributed by atoms with Crippen molar-refractivity contribution in [3.05, 3.63) is 65.0 Å². The molecule has 2 aromatic rings. The van der Waals surface area contributed by atoms with Gasteiger partial charge in [-0.2, -0.15) is 8.78 Å². The number of amides is 1. The molecule has 0 saturated carbocycles. The van der Waals surface area contributed by atoms with E-state index >= 15 is 0 Å². The molecule has 51 heavy (non-hydrogen) atoms. The predicted octanol–water partition coefficient (Wildman–Crippen LogP) is 3.74. The van der Waals surface area contributed by atoms with Crippen LogP contribution in [0.2, 0.25) is 0 Å². The van der Waals surface area contributed by atoms with Crippen LogP contribution in [0.1, 0.15) is 12.0 Å². The minimum absolute atomic E-state index is 0.0743. The van der Waals surface area contributed by atoms with Crippen LogP contribution in [0.15, 0.2) is 30.3 Å². The number of carbonyl (C=O) groups excluding carboxylic acids is 2. The first-order valence-electron chi connectivity index (χ1n) is 16.1. The molecular formula is C33H44F5NO12. The summed E-state index contributed by atoms with van der Waals surface area (Å²) in [5.74, 6) is -14.2. The Labute approximate surface area is 292 Å². The Morgan fingerprint density at radius 1 is 0.490 bits per heavy atom. The van der Waals surface area contributed by atoms with Crippen LogP contribution in [0.3, 0.4) is 0 Å². The highest BCUT2D eigenvalue weighted by atomic mass is 19.2. The fourth-order valence-electron chi connectivity index (χ4n) is 3.64. The number of hydrogen-bond donors (Lipinski definition) is 1. The van der Waals surface area contributed by atoms with E-state index in [-0.39, 0.29) is 33.0 Å². The van der Waals surface area contributed by atoms with Crippen LogP contribution in [0.25, 0.3) is 0 Å². The van der Waals surface area contributed by atoms with Gasteiger partial charge in [-0.15, -0.1) is 0 Å². The van der Waals surface area contributed by atoms with E-state index < -0.39 is 53.3 Å². The van der Waals surface area contributed by atoms with Crippen molar-refractivity contribution >= 4 is 12.1 Å². The number of carbonyl (C=O) groups is 2. The Morgan fingerprint density at radius 2 is 0.863 bits per heavy atom. The maximum Gasteiger partial charge on any atom is 0.407 e. The highest BCUT2D eigenvalue weighted by Gasteiger charge is 2.28. The van der Waals surface area contributed by atoms with Crippen molar-refractivity contribution in [3.63, 3.8) is 0 Å². The first kappa shape index (κ1) is 43.7. The van der Waals surface area contributed by atoms with Crippen LogP contribution >= 0.6 is 0 Å². The quantitative estimate of drug-likeness (QED) is 0.0312. The third kappa shape index (κ3) is 20.2. The van der Waals surface area contributed by atoms with E-state index in [2.05, 4.69) is 10.1 Å². The number of rotatable bonds is 30. The summed E-state index contributed by atoms with van der Waals surface area (Å²) < 4.78 is 119. The third-order valence-corrected chi connectivity index (χ3v) is 6.17. The lowest BCUT2D eigenvalue weighted by atomic mass is 10.2. The van der Waals surface area contributed by atoms with E-state index in [0.29, 0.717) is 85.8 Å². The van der Waals surface area contributed by atoms with E-state index in [1.54, 1.807) is 0 Å². The van der Waals surface area contributed by atoms with Gasteiger partial charge in [0.25, 0.3) is 0 Å². The fourth-order valence-corrected chi connectivity index (χ4v) is 3.64. The number of benzene rings is 2. The highest BCUT2D eigenvalue weighted by Crippen LogP contribution is 2.29. The second-order valence-electron chi connectivity index (χ2n) is 10.0. The molecule has 0 atom stereocenters. The second kappa shape index (κ2) is 28.1. The molecule has 0 aromatic heterocycles. The Hall–Kier alpha value is -3.49. The number of alkyl carbamates (subject to hydrolysis) is 1. The number of nitrogens with one attached hydrogen (secondary N) is 1. The maximum atomic E-state index is 13.5. The molecule has 0 heterocycles. The van der Waals surface area contributed by atoms with Crippen molar-refractivity contribution < 1.29 is 78.9 Å². The van der Waals surface area contributed by atoms with Gasteiger partial charge in [-0.3, -0.25) is 4.79 Å². The molecule has 2 rings (SSSR count). The minimum atomic E-state index is -2.35. The van der Waals surface area contributed by atoms with E-state index in [1.165, 1.54) is 0 Å². The Morgan fingerprint density at radius 3 is 1.29 bits per heavy atom. The van der Waals surface area contributed by atoms with Gasteiger partial charge in [0.1, 0.15) is 6.61 Å². The third-order valence-electron chi connectivity index (χ3n) is 6.17. The van der Waals surface area contributed by atoms with Crippen molar-refractivity contribution in [2.24, 2.45) is 0 Å². The Bertz CT molecular complexity index is 1220. The van der Waals surface area contributed by atoms with E-state index in [9.17, 15) is 31.5 Å². The first-order valence-corrected chi connectivity index (χ1v) is 16.1. The van der Waals surface area contributed by atoms with E-state index in [1.807, 2.05) is 30.3 Å². The summed E-state index contributed by atoms with van der Waals surface area (Å²) in [6.45, 7) is 5.40. The summed E-state index contributed by atoms with van der Waals surface area (Å²) in [6, 6.07) is 9.40. The summed E-state index contributed by atoms with van der Waals surface area (Å²) >= 11 is 0. The van der Waals surface area contributed by atoms with Crippen molar-refractivity contribution in [2.45, 2.75) is 13.0 Å². The monoisotopic (exact) mass is 741 g/mol. The van der Waals surface area contributed by atoms with Crippen LogP contribution in [-0.4, -0.2) is 124 Å². The molecule has 13 nitrogen and oxygen atoms in total. The molecule has 288 valence electrons. The lowest BCUT2D eigenvalue weighted by Gasteiger charge is -2.09. The summed E-state index contributed by atoms with van der Waals surface area (Å²) in [7, 11) is 0. The van der Waals surface area contributed by atoms with Gasteiger partial charge in [-0.05, 0) is 5.56 Å². The zero-order valence-corrected chi connectivity index (χ0v) is 28.1. The summed E-state index contributed by atoms with van der Waals surface area (Å²) in [5.41, 5.74) is 0.912. The first-order chi connectivity index (χ1) is 24.8. The SMILES string of the molecule is O=C(CCOCCOCCOCCOCCOCCOCCOCCOCCNC(=O)OCc1ccccc1)Oc1c(F)c(F)c(F)c(F)c1F. The normalized spacial score (nSPS) is 11.2. The van der Waals surface area contributed by atoms with Gasteiger partial charge in [-0.25, -0.2) is 18.0 Å². The van der Waals surface area contributed by atoms with E-state index in [0.717, 1.165) is 5.56 Å². The molecule has 0 fully saturated rings. The molecule has 1 amide bonds. The fraction of sp³-hybridized carbons (Fsp3) is 0.576. The average Bonchev–Trinajstić information content (AvgIpc) is 3.14. The highest BCUT2D eigenvalue weighted by molar-refractivity contribution is 5.72. The van der Waals surface area contributed by atoms with Gasteiger partial charge >= 0.3 is 12.1 Å². The average molecular weight is 742 g/mol. The molecule has 1 N–H and O–H groups in total. The van der Waals surface area contributed by atoms with Crippen molar-refractivity contribution in [2.75, 3.05) is 112 Å². The van der Waals surface area contributed by atoms with Crippen LogP contribution in [0.4, 0.5) is 26.7 Å². The summed E-state index contributed by atoms with van der Waals surface area (Å²) in [4.78, 5) is 23.3. The number of hydrogen-bond acceptors (Lipinski definition) is 12. The van der Waals surface area contributed by atoms with Crippen LogP contribution in [0.5, 0.6) is 5.75 Å². The van der Waals surface area contributed by atoms with Crippen LogP contribution in [-0.2, 0) is 54.0 Å². The molecule has 2 aromatic carbocycles. The van der Waals surface area contributed by atoms with Crippen molar-refractivity contribution in [1.82, 2.24) is 5.32 Å². The number of halogens is 5. The molecule has 0 bridgehead atoms. The smallest absolute Gasteiger partial charge is 0.407 e. The minimum Gasteiger partial charge on any atom is -0.445 e. The van der Waals surface area contributed by atoms with E-state index in [4.69, 9.17) is 42.6 Å². The van der Waals surface area contributed by atoms with Gasteiger partial charge in [0.2, 0.25) is 34.8 Å². The van der Waals surface area contributed by atoms with Gasteiger partial charge in [-0.1, -0.05) is 30.3 Å². The second-order valence-corrected chi connectivity index (χ2v) is 10.0. The van der Waals surface area contributed by atoms with Crippen LogP contribution < -0.4 is 10.1 Å².